The van der Waals surface area contributed by atoms with E-state index in [0.29, 0.717) is 19.6 Å². The lowest BCUT2D eigenvalue weighted by Crippen LogP contribution is -2.51. The predicted octanol–water partition coefficient (Wildman–Crippen LogP) is 1.96. The Morgan fingerprint density at radius 2 is 2.06 bits per heavy atom. The number of aliphatic hydroxyl groups is 1. The van der Waals surface area contributed by atoms with E-state index in [0.717, 1.165) is 12.8 Å². The second-order valence-electron chi connectivity index (χ2n) is 5.20. The number of aliphatic hydroxyl groups excluding tert-OH is 1. The normalized spacial score (nSPS) is 24.3. The van der Waals surface area contributed by atoms with Gasteiger partial charge < -0.3 is 14.7 Å². The fourth-order valence-corrected chi connectivity index (χ4v) is 2.30. The van der Waals surface area contributed by atoms with Gasteiger partial charge in [0.25, 0.3) is 0 Å². The average molecular weight is 257 g/mol. The number of hydrogen-bond donors (Lipinski definition) is 1. The Kier molecular flexibility index (Phi) is 7.28. The Balaban J connectivity index is 2.26. The summed E-state index contributed by atoms with van der Waals surface area (Å²) in [4.78, 5) is 14.0. The SMILES string of the molecule is CCCCCCCC(=O)N1CC(CO)OCC1C. The van der Waals surface area contributed by atoms with Crippen molar-refractivity contribution in [3.63, 3.8) is 0 Å². The van der Waals surface area contributed by atoms with Crippen LogP contribution in [0, 0.1) is 0 Å². The maximum absolute atomic E-state index is 12.1. The van der Waals surface area contributed by atoms with Crippen LogP contribution in [0.4, 0.5) is 0 Å². The Morgan fingerprint density at radius 3 is 2.72 bits per heavy atom. The number of nitrogens with zero attached hydrogens (tertiary/aromatic N) is 1. The van der Waals surface area contributed by atoms with Crippen molar-refractivity contribution in [3.8, 4) is 0 Å². The highest BCUT2D eigenvalue weighted by molar-refractivity contribution is 5.76. The van der Waals surface area contributed by atoms with E-state index in [2.05, 4.69) is 6.92 Å². The molecule has 106 valence electrons. The van der Waals surface area contributed by atoms with Gasteiger partial charge in [0.05, 0.1) is 25.4 Å². The van der Waals surface area contributed by atoms with E-state index in [1.54, 1.807) is 0 Å². The molecule has 4 heteroatoms. The summed E-state index contributed by atoms with van der Waals surface area (Å²) in [6.45, 7) is 5.25. The molecule has 1 fully saturated rings. The molecule has 0 aromatic rings. The van der Waals surface area contributed by atoms with Gasteiger partial charge in [-0.05, 0) is 13.3 Å². The maximum Gasteiger partial charge on any atom is 0.222 e. The third-order valence-corrected chi connectivity index (χ3v) is 3.52. The third kappa shape index (κ3) is 4.94. The molecule has 18 heavy (non-hydrogen) atoms. The van der Waals surface area contributed by atoms with Gasteiger partial charge in [-0.15, -0.1) is 0 Å². The molecule has 1 amide bonds. The van der Waals surface area contributed by atoms with Crippen LogP contribution in [0.15, 0.2) is 0 Å². The van der Waals surface area contributed by atoms with E-state index in [9.17, 15) is 4.79 Å². The van der Waals surface area contributed by atoms with Crippen LogP contribution in [0.5, 0.6) is 0 Å². The zero-order chi connectivity index (χ0) is 13.4. The summed E-state index contributed by atoms with van der Waals surface area (Å²) in [5, 5.41) is 9.09. The van der Waals surface area contributed by atoms with Crippen LogP contribution < -0.4 is 0 Å². The summed E-state index contributed by atoms with van der Waals surface area (Å²) in [6.07, 6.45) is 6.26. The number of carbonyl (C=O) groups excluding carboxylic acids is 1. The first-order valence-corrected chi connectivity index (χ1v) is 7.21. The number of morpholine rings is 1. The molecule has 0 aromatic heterocycles. The highest BCUT2D eigenvalue weighted by atomic mass is 16.5. The number of hydrogen-bond acceptors (Lipinski definition) is 3. The van der Waals surface area contributed by atoms with Crippen LogP contribution in [0.2, 0.25) is 0 Å². The number of rotatable bonds is 7. The van der Waals surface area contributed by atoms with E-state index in [1.807, 2.05) is 11.8 Å². The molecule has 0 aromatic carbocycles. The van der Waals surface area contributed by atoms with Crippen LogP contribution >= 0.6 is 0 Å². The van der Waals surface area contributed by atoms with Crippen molar-refractivity contribution in [2.45, 2.75) is 64.5 Å². The van der Waals surface area contributed by atoms with Crippen molar-refractivity contribution in [2.24, 2.45) is 0 Å². The molecule has 1 N–H and O–H groups in total. The van der Waals surface area contributed by atoms with E-state index in [1.165, 1.54) is 19.3 Å². The Labute approximate surface area is 110 Å². The summed E-state index contributed by atoms with van der Waals surface area (Å²) in [6, 6.07) is 0.135. The van der Waals surface area contributed by atoms with Crippen molar-refractivity contribution in [1.82, 2.24) is 4.90 Å². The van der Waals surface area contributed by atoms with Gasteiger partial charge in [0.1, 0.15) is 0 Å². The smallest absolute Gasteiger partial charge is 0.222 e. The molecule has 0 aliphatic carbocycles. The predicted molar refractivity (Wildman–Crippen MR) is 71.4 cm³/mol. The minimum atomic E-state index is -0.203. The van der Waals surface area contributed by atoms with Crippen LogP contribution in [-0.4, -0.2) is 47.8 Å². The molecular weight excluding hydrogens is 230 g/mol. The monoisotopic (exact) mass is 257 g/mol. The van der Waals surface area contributed by atoms with Crippen LogP contribution in [0.3, 0.4) is 0 Å². The summed E-state index contributed by atoms with van der Waals surface area (Å²) in [5.41, 5.74) is 0. The van der Waals surface area contributed by atoms with Gasteiger partial charge in [-0.2, -0.15) is 0 Å². The van der Waals surface area contributed by atoms with E-state index >= 15 is 0 Å². The standard InChI is InChI=1S/C14H27NO3/c1-3-4-5-6-7-8-14(17)15-9-13(10-16)18-11-12(15)2/h12-13,16H,3-11H2,1-2H3. The minimum absolute atomic E-state index is 0.00694. The molecule has 1 aliphatic rings. The van der Waals surface area contributed by atoms with Gasteiger partial charge in [-0.1, -0.05) is 32.6 Å². The van der Waals surface area contributed by atoms with Crippen LogP contribution in [-0.2, 0) is 9.53 Å². The molecule has 2 unspecified atom stereocenters. The molecule has 0 bridgehead atoms. The molecule has 1 aliphatic heterocycles. The van der Waals surface area contributed by atoms with Gasteiger partial charge in [0, 0.05) is 13.0 Å². The highest BCUT2D eigenvalue weighted by Crippen LogP contribution is 2.14. The first kappa shape index (κ1) is 15.4. The minimum Gasteiger partial charge on any atom is -0.394 e. The lowest BCUT2D eigenvalue weighted by Gasteiger charge is -2.37. The van der Waals surface area contributed by atoms with Crippen LogP contribution in [0.25, 0.3) is 0 Å². The molecule has 0 radical (unpaired) electrons. The third-order valence-electron chi connectivity index (χ3n) is 3.52. The molecular formula is C14H27NO3. The number of amides is 1. The molecule has 1 heterocycles. The van der Waals surface area contributed by atoms with Gasteiger partial charge >= 0.3 is 0 Å². The highest BCUT2D eigenvalue weighted by Gasteiger charge is 2.28. The zero-order valence-electron chi connectivity index (χ0n) is 11.7. The Hall–Kier alpha value is -0.610. The number of unbranched alkanes of at least 4 members (excludes halogenated alkanes) is 4. The van der Waals surface area contributed by atoms with Gasteiger partial charge in [0.2, 0.25) is 5.91 Å². The van der Waals surface area contributed by atoms with Crippen LogP contribution in [0.1, 0.15) is 52.4 Å². The first-order chi connectivity index (χ1) is 8.69. The van der Waals surface area contributed by atoms with Crippen molar-refractivity contribution >= 4 is 5.91 Å². The first-order valence-electron chi connectivity index (χ1n) is 7.21. The summed E-state index contributed by atoms with van der Waals surface area (Å²) >= 11 is 0. The molecule has 1 rings (SSSR count). The topological polar surface area (TPSA) is 49.8 Å². The zero-order valence-corrected chi connectivity index (χ0v) is 11.7. The average Bonchev–Trinajstić information content (AvgIpc) is 2.39. The second kappa shape index (κ2) is 8.48. The van der Waals surface area contributed by atoms with E-state index < -0.39 is 0 Å². The van der Waals surface area contributed by atoms with Crippen molar-refractivity contribution in [1.29, 1.82) is 0 Å². The molecule has 2 atom stereocenters. The number of ether oxygens (including phenoxy) is 1. The van der Waals surface area contributed by atoms with Gasteiger partial charge in [0.15, 0.2) is 0 Å². The molecule has 1 saturated heterocycles. The largest absolute Gasteiger partial charge is 0.394 e. The molecule has 4 nitrogen and oxygen atoms in total. The van der Waals surface area contributed by atoms with Crippen molar-refractivity contribution in [3.05, 3.63) is 0 Å². The Morgan fingerprint density at radius 1 is 1.33 bits per heavy atom. The van der Waals surface area contributed by atoms with E-state index in [4.69, 9.17) is 9.84 Å². The summed E-state index contributed by atoms with van der Waals surface area (Å²) in [7, 11) is 0. The van der Waals surface area contributed by atoms with Crippen molar-refractivity contribution in [2.75, 3.05) is 19.8 Å². The quantitative estimate of drug-likeness (QED) is 0.709. The maximum atomic E-state index is 12.1. The Bertz CT molecular complexity index is 245. The number of carbonyl (C=O) groups is 1. The summed E-state index contributed by atoms with van der Waals surface area (Å²) in [5.74, 6) is 0.209. The lowest BCUT2D eigenvalue weighted by molar-refractivity contribution is -0.146. The second-order valence-corrected chi connectivity index (χ2v) is 5.20. The fourth-order valence-electron chi connectivity index (χ4n) is 2.30. The fraction of sp³-hybridized carbons (Fsp3) is 0.929. The summed E-state index contributed by atoms with van der Waals surface area (Å²) < 4.78 is 5.43. The van der Waals surface area contributed by atoms with Gasteiger partial charge in [-0.3, -0.25) is 4.79 Å². The molecule has 0 spiro atoms. The van der Waals surface area contributed by atoms with Crippen molar-refractivity contribution < 1.29 is 14.6 Å². The van der Waals surface area contributed by atoms with E-state index in [-0.39, 0.29) is 24.7 Å². The molecule has 0 saturated carbocycles. The van der Waals surface area contributed by atoms with Gasteiger partial charge in [-0.25, -0.2) is 0 Å². The lowest BCUT2D eigenvalue weighted by atomic mass is 10.1.